The van der Waals surface area contributed by atoms with E-state index >= 15 is 0 Å². The van der Waals surface area contributed by atoms with Crippen LogP contribution in [0, 0.1) is 0 Å². The van der Waals surface area contributed by atoms with Crippen molar-refractivity contribution in [1.82, 2.24) is 9.97 Å². The first kappa shape index (κ1) is 13.3. The van der Waals surface area contributed by atoms with Crippen LogP contribution in [0.1, 0.15) is 20.3 Å². The zero-order valence-corrected chi connectivity index (χ0v) is 10.7. The number of hydrogen-bond donors (Lipinski definition) is 0. The number of hydrogen-bond acceptors (Lipinski definition) is 5. The predicted molar refractivity (Wildman–Crippen MR) is 63.6 cm³/mol. The summed E-state index contributed by atoms with van der Waals surface area (Å²) in [6.07, 6.45) is 3.32. The quantitative estimate of drug-likeness (QED) is 0.463. The van der Waals surface area contributed by atoms with E-state index in [1.54, 1.807) is 6.92 Å². The van der Waals surface area contributed by atoms with Gasteiger partial charge >= 0.3 is 5.97 Å². The molecule has 1 atom stereocenters. The molecule has 4 nitrogen and oxygen atoms in total. The molecule has 0 saturated carbocycles. The molecule has 0 bridgehead atoms. The van der Waals surface area contributed by atoms with E-state index in [1.807, 2.05) is 6.92 Å². The molecule has 1 rings (SSSR count). The minimum absolute atomic E-state index is 0.0754. The number of ether oxygens (including phenoxy) is 1. The lowest BCUT2D eigenvalue weighted by molar-refractivity contribution is -0.142. The van der Waals surface area contributed by atoms with Crippen LogP contribution >= 0.6 is 23.4 Å². The third-order valence-electron chi connectivity index (χ3n) is 1.71. The minimum Gasteiger partial charge on any atom is -0.466 e. The highest BCUT2D eigenvalue weighted by molar-refractivity contribution is 8.00. The number of thioether (sulfide) groups is 1. The summed E-state index contributed by atoms with van der Waals surface area (Å²) in [5.74, 6) is -0.201. The van der Waals surface area contributed by atoms with E-state index in [4.69, 9.17) is 16.3 Å². The van der Waals surface area contributed by atoms with Gasteiger partial charge in [-0.3, -0.25) is 4.79 Å². The van der Waals surface area contributed by atoms with Gasteiger partial charge in [0.2, 0.25) is 0 Å². The van der Waals surface area contributed by atoms with E-state index in [-0.39, 0.29) is 11.2 Å². The Hall–Kier alpha value is -0.810. The van der Waals surface area contributed by atoms with Crippen LogP contribution in [0.25, 0.3) is 0 Å². The average molecular weight is 261 g/mol. The topological polar surface area (TPSA) is 52.1 Å². The molecule has 6 heteroatoms. The van der Waals surface area contributed by atoms with E-state index in [2.05, 4.69) is 9.97 Å². The van der Waals surface area contributed by atoms with Crippen LogP contribution in [0.4, 0.5) is 0 Å². The van der Waals surface area contributed by atoms with E-state index in [1.165, 1.54) is 24.3 Å². The summed E-state index contributed by atoms with van der Waals surface area (Å²) >= 11 is 7.34. The van der Waals surface area contributed by atoms with E-state index in [0.717, 1.165) is 0 Å². The van der Waals surface area contributed by atoms with Crippen LogP contribution in [-0.2, 0) is 9.53 Å². The molecule has 0 saturated heterocycles. The Morgan fingerprint density at radius 3 is 3.06 bits per heavy atom. The van der Waals surface area contributed by atoms with Crippen LogP contribution in [-0.4, -0.2) is 27.8 Å². The van der Waals surface area contributed by atoms with E-state index in [9.17, 15) is 4.79 Å². The van der Waals surface area contributed by atoms with Gasteiger partial charge in [-0.2, -0.15) is 0 Å². The van der Waals surface area contributed by atoms with Crippen LogP contribution < -0.4 is 0 Å². The Morgan fingerprint density at radius 2 is 2.44 bits per heavy atom. The van der Waals surface area contributed by atoms with E-state index < -0.39 is 0 Å². The fraction of sp³-hybridized carbons (Fsp3) is 0.500. The molecule has 1 aromatic rings. The van der Waals surface area contributed by atoms with Gasteiger partial charge in [-0.25, -0.2) is 9.97 Å². The lowest BCUT2D eigenvalue weighted by Gasteiger charge is -2.10. The highest BCUT2D eigenvalue weighted by atomic mass is 35.5. The second-order valence-corrected chi connectivity index (χ2v) is 4.95. The van der Waals surface area contributed by atoms with Gasteiger partial charge in [0.1, 0.15) is 11.4 Å². The normalized spacial score (nSPS) is 12.2. The smallest absolute Gasteiger partial charge is 0.306 e. The van der Waals surface area contributed by atoms with Crippen molar-refractivity contribution in [1.29, 1.82) is 0 Å². The Balaban J connectivity index is 2.48. The fourth-order valence-corrected chi connectivity index (χ4v) is 2.19. The number of nitrogens with zero attached hydrogens (tertiary/aromatic N) is 2. The van der Waals surface area contributed by atoms with Crippen LogP contribution in [0.2, 0.25) is 5.02 Å². The van der Waals surface area contributed by atoms with Gasteiger partial charge in [-0.05, 0) is 6.92 Å². The summed E-state index contributed by atoms with van der Waals surface area (Å²) in [6, 6.07) is 0. The third-order valence-corrected chi connectivity index (χ3v) is 3.21. The molecule has 0 aliphatic rings. The largest absolute Gasteiger partial charge is 0.466 e. The first-order valence-electron chi connectivity index (χ1n) is 4.91. The highest BCUT2D eigenvalue weighted by Gasteiger charge is 2.13. The number of rotatable bonds is 5. The van der Waals surface area contributed by atoms with Crippen molar-refractivity contribution in [2.24, 2.45) is 0 Å². The molecule has 0 amide bonds. The summed E-state index contributed by atoms with van der Waals surface area (Å²) in [5, 5.41) is 1.27. The molecule has 1 heterocycles. The SMILES string of the molecule is CCOC(=O)CC(C)Sc1ncncc1Cl. The Labute approximate surface area is 104 Å². The standard InChI is InChI=1S/C10H13ClN2O2S/c1-3-15-9(14)4-7(2)16-10-8(11)5-12-6-13-10/h5-7H,3-4H2,1-2H3. The van der Waals surface area contributed by atoms with Crippen molar-refractivity contribution in [3.8, 4) is 0 Å². The predicted octanol–water partition coefficient (Wildman–Crippen LogP) is 2.56. The number of aromatic nitrogens is 2. The first-order chi connectivity index (χ1) is 7.63. The molecule has 0 fully saturated rings. The van der Waals surface area contributed by atoms with Gasteiger partial charge in [0.25, 0.3) is 0 Å². The second kappa shape index (κ2) is 6.70. The van der Waals surface area contributed by atoms with Crippen molar-refractivity contribution in [2.75, 3.05) is 6.61 Å². The number of carbonyl (C=O) groups excluding carboxylic acids is 1. The molecule has 1 aromatic heterocycles. The summed E-state index contributed by atoms with van der Waals surface area (Å²) in [6.45, 7) is 4.13. The monoisotopic (exact) mass is 260 g/mol. The summed E-state index contributed by atoms with van der Waals surface area (Å²) in [5.41, 5.74) is 0. The second-order valence-electron chi connectivity index (χ2n) is 3.11. The van der Waals surface area contributed by atoms with Crippen LogP contribution in [0.15, 0.2) is 17.6 Å². The Kier molecular flexibility index (Phi) is 5.55. The molecule has 0 spiro atoms. The zero-order chi connectivity index (χ0) is 12.0. The molecule has 88 valence electrons. The molecule has 0 aliphatic heterocycles. The molecule has 1 unspecified atom stereocenters. The molecule has 0 aromatic carbocycles. The lowest BCUT2D eigenvalue weighted by atomic mass is 10.3. The number of esters is 1. The van der Waals surface area contributed by atoms with Gasteiger partial charge in [0.05, 0.1) is 24.2 Å². The Bertz CT molecular complexity index is 362. The van der Waals surface area contributed by atoms with Gasteiger partial charge in [0.15, 0.2) is 0 Å². The molecule has 16 heavy (non-hydrogen) atoms. The maximum absolute atomic E-state index is 11.2. The maximum Gasteiger partial charge on any atom is 0.306 e. The maximum atomic E-state index is 11.2. The van der Waals surface area contributed by atoms with E-state index in [0.29, 0.717) is 23.1 Å². The molecule has 0 N–H and O–H groups in total. The number of carbonyl (C=O) groups is 1. The highest BCUT2D eigenvalue weighted by Crippen LogP contribution is 2.28. The molecule has 0 aliphatic carbocycles. The van der Waals surface area contributed by atoms with Crippen molar-refractivity contribution in [3.63, 3.8) is 0 Å². The van der Waals surface area contributed by atoms with Crippen molar-refractivity contribution < 1.29 is 9.53 Å². The van der Waals surface area contributed by atoms with Crippen LogP contribution in [0.5, 0.6) is 0 Å². The van der Waals surface area contributed by atoms with Crippen LogP contribution in [0.3, 0.4) is 0 Å². The summed E-state index contributed by atoms with van der Waals surface area (Å²) in [7, 11) is 0. The van der Waals surface area contributed by atoms with Crippen molar-refractivity contribution >= 4 is 29.3 Å². The van der Waals surface area contributed by atoms with Gasteiger partial charge in [0, 0.05) is 5.25 Å². The minimum atomic E-state index is -0.201. The van der Waals surface area contributed by atoms with Gasteiger partial charge < -0.3 is 4.74 Å². The van der Waals surface area contributed by atoms with Crippen molar-refractivity contribution in [3.05, 3.63) is 17.5 Å². The molecular weight excluding hydrogens is 248 g/mol. The average Bonchev–Trinajstić information content (AvgIpc) is 2.21. The van der Waals surface area contributed by atoms with Gasteiger partial charge in [-0.1, -0.05) is 18.5 Å². The molecular formula is C10H13ClN2O2S. The lowest BCUT2D eigenvalue weighted by Crippen LogP contribution is -2.10. The third kappa shape index (κ3) is 4.37. The van der Waals surface area contributed by atoms with Gasteiger partial charge in [-0.15, -0.1) is 11.8 Å². The fourth-order valence-electron chi connectivity index (χ4n) is 1.08. The molecule has 0 radical (unpaired) electrons. The zero-order valence-electron chi connectivity index (χ0n) is 9.14. The first-order valence-corrected chi connectivity index (χ1v) is 6.17. The van der Waals surface area contributed by atoms with Crippen molar-refractivity contribution in [2.45, 2.75) is 30.5 Å². The summed E-state index contributed by atoms with van der Waals surface area (Å²) in [4.78, 5) is 19.1. The number of halogens is 1. The Morgan fingerprint density at radius 1 is 1.69 bits per heavy atom. The summed E-state index contributed by atoms with van der Waals surface area (Å²) < 4.78 is 4.86.